The molecule has 0 saturated heterocycles. The Labute approximate surface area is 324 Å². The first-order valence-electron chi connectivity index (χ1n) is 19.1. The Hall–Kier alpha value is -7.30. The van der Waals surface area contributed by atoms with Gasteiger partial charge in [0.15, 0.2) is 0 Å². The molecule has 0 aliphatic rings. The van der Waals surface area contributed by atoms with E-state index in [1.54, 1.807) is 0 Å². The van der Waals surface area contributed by atoms with Crippen LogP contribution >= 0.6 is 0 Å². The van der Waals surface area contributed by atoms with E-state index in [1.165, 1.54) is 16.3 Å². The topological polar surface area (TPSA) is 32.8 Å². The van der Waals surface area contributed by atoms with Gasteiger partial charge in [-0.25, -0.2) is 0 Å². The maximum absolute atomic E-state index is 6.77. The summed E-state index contributed by atoms with van der Waals surface area (Å²) >= 11 is 0. The first-order valence-corrected chi connectivity index (χ1v) is 19.1. The number of benzene rings is 9. The fourth-order valence-electron chi connectivity index (χ4n) is 8.64. The van der Waals surface area contributed by atoms with Crippen LogP contribution in [0.5, 0.6) is 0 Å². The molecule has 2 heterocycles. The lowest BCUT2D eigenvalue weighted by molar-refractivity contribution is 0.651. The lowest BCUT2D eigenvalue weighted by atomic mass is 9.96. The summed E-state index contributed by atoms with van der Waals surface area (Å²) in [6.07, 6.45) is 0. The van der Waals surface area contributed by atoms with Crippen molar-refractivity contribution in [3.8, 4) is 0 Å². The van der Waals surface area contributed by atoms with Crippen LogP contribution in [0.3, 0.4) is 0 Å². The zero-order chi connectivity index (χ0) is 37.3. The number of anilines is 6. The minimum absolute atomic E-state index is 0.873. The molecule has 0 atom stereocenters. The van der Waals surface area contributed by atoms with Gasteiger partial charge in [-0.15, -0.1) is 0 Å². The molecule has 11 aromatic rings. The van der Waals surface area contributed by atoms with Gasteiger partial charge < -0.3 is 18.6 Å². The molecule has 11 rings (SSSR count). The number of aryl methyl sites for hydroxylation is 2. The van der Waals surface area contributed by atoms with Crippen LogP contribution in [0.4, 0.5) is 34.1 Å². The Balaban J connectivity index is 1.05. The van der Waals surface area contributed by atoms with Gasteiger partial charge in [0.05, 0.1) is 0 Å². The average molecular weight is 721 g/mol. The predicted octanol–water partition coefficient (Wildman–Crippen LogP) is 15.3. The Morgan fingerprint density at radius 1 is 0.321 bits per heavy atom. The van der Waals surface area contributed by atoms with Crippen LogP contribution in [-0.2, 0) is 0 Å². The molecule has 0 radical (unpaired) electrons. The molecule has 4 nitrogen and oxygen atoms in total. The van der Waals surface area contributed by atoms with Crippen molar-refractivity contribution in [2.24, 2.45) is 0 Å². The third kappa shape index (κ3) is 5.07. The minimum Gasteiger partial charge on any atom is -0.456 e. The van der Waals surface area contributed by atoms with Crippen molar-refractivity contribution in [2.45, 2.75) is 13.8 Å². The summed E-state index contributed by atoms with van der Waals surface area (Å²) in [5, 5.41) is 9.11. The largest absolute Gasteiger partial charge is 0.456 e. The molecule has 266 valence electrons. The third-order valence-corrected chi connectivity index (χ3v) is 11.3. The molecule has 0 amide bonds. The Morgan fingerprint density at radius 2 is 0.679 bits per heavy atom. The SMILES string of the molecule is Cc1c2oc3cc4cc(N(c5ccccc5)c5ccccc5)ccc4cc3c2c(C)c2c1oc1cc3cc(N(c4ccccc4)c4ccccc4)ccc3cc12. The number of fused-ring (bicyclic) bond motifs is 8. The second-order valence-corrected chi connectivity index (χ2v) is 14.6. The van der Waals surface area contributed by atoms with Crippen molar-refractivity contribution in [2.75, 3.05) is 9.80 Å². The highest BCUT2D eigenvalue weighted by Crippen LogP contribution is 2.45. The van der Waals surface area contributed by atoms with Crippen LogP contribution < -0.4 is 9.80 Å². The molecular weight excluding hydrogens is 685 g/mol. The highest BCUT2D eigenvalue weighted by atomic mass is 16.3. The van der Waals surface area contributed by atoms with Crippen LogP contribution in [0.2, 0.25) is 0 Å². The fraction of sp³-hybridized carbons (Fsp3) is 0.0385. The van der Waals surface area contributed by atoms with Crippen LogP contribution in [0.15, 0.2) is 191 Å². The molecule has 9 aromatic carbocycles. The zero-order valence-corrected chi connectivity index (χ0v) is 31.0. The number of hydrogen-bond donors (Lipinski definition) is 0. The van der Waals surface area contributed by atoms with E-state index in [1.807, 2.05) is 0 Å². The zero-order valence-electron chi connectivity index (χ0n) is 31.0. The molecule has 2 aromatic heterocycles. The molecule has 0 spiro atoms. The number of para-hydroxylation sites is 4. The van der Waals surface area contributed by atoms with Crippen LogP contribution in [0.25, 0.3) is 65.4 Å². The molecule has 0 unspecified atom stereocenters. The molecule has 56 heavy (non-hydrogen) atoms. The fourth-order valence-corrected chi connectivity index (χ4v) is 8.64. The van der Waals surface area contributed by atoms with Gasteiger partial charge in [-0.05, 0) is 138 Å². The monoisotopic (exact) mass is 720 g/mol. The molecule has 0 bridgehead atoms. The minimum atomic E-state index is 0.873. The Morgan fingerprint density at radius 3 is 1.04 bits per heavy atom. The smallest absolute Gasteiger partial charge is 0.142 e. The van der Waals surface area contributed by atoms with E-state index in [0.29, 0.717) is 0 Å². The van der Waals surface area contributed by atoms with Crippen LogP contribution in [0.1, 0.15) is 11.1 Å². The highest BCUT2D eigenvalue weighted by molar-refractivity contribution is 6.22. The van der Waals surface area contributed by atoms with E-state index in [4.69, 9.17) is 8.83 Å². The summed E-state index contributed by atoms with van der Waals surface area (Å²) in [5.74, 6) is 0. The molecular formula is C52H36N2O2. The number of nitrogens with zero attached hydrogens (tertiary/aromatic N) is 2. The first-order chi connectivity index (χ1) is 27.6. The van der Waals surface area contributed by atoms with Gasteiger partial charge in [0.25, 0.3) is 0 Å². The van der Waals surface area contributed by atoms with Gasteiger partial charge in [-0.1, -0.05) is 84.9 Å². The maximum atomic E-state index is 6.77. The highest BCUT2D eigenvalue weighted by Gasteiger charge is 2.23. The number of rotatable bonds is 6. The van der Waals surface area contributed by atoms with E-state index in [-0.39, 0.29) is 0 Å². The summed E-state index contributed by atoms with van der Waals surface area (Å²) in [4.78, 5) is 4.59. The van der Waals surface area contributed by atoms with Crippen LogP contribution in [0, 0.1) is 13.8 Å². The van der Waals surface area contributed by atoms with Crippen molar-refractivity contribution in [1.82, 2.24) is 0 Å². The summed E-state index contributed by atoms with van der Waals surface area (Å²) in [5.41, 5.74) is 12.3. The molecule has 0 aliphatic carbocycles. The molecule has 0 N–H and O–H groups in total. The van der Waals surface area contributed by atoms with Gasteiger partial charge >= 0.3 is 0 Å². The predicted molar refractivity (Wildman–Crippen MR) is 235 cm³/mol. The van der Waals surface area contributed by atoms with E-state index in [2.05, 4.69) is 206 Å². The Bertz CT molecular complexity index is 2960. The van der Waals surface area contributed by atoms with Crippen molar-refractivity contribution < 1.29 is 8.83 Å². The summed E-state index contributed by atoms with van der Waals surface area (Å²) in [6.45, 7) is 4.34. The van der Waals surface area contributed by atoms with Gasteiger partial charge in [0, 0.05) is 61.2 Å². The Kier molecular flexibility index (Phi) is 7.26. The van der Waals surface area contributed by atoms with E-state index < -0.39 is 0 Å². The first kappa shape index (κ1) is 32.2. The normalized spacial score (nSPS) is 11.8. The molecule has 0 aliphatic heterocycles. The lowest BCUT2D eigenvalue weighted by Gasteiger charge is -2.25. The van der Waals surface area contributed by atoms with Crippen molar-refractivity contribution in [3.63, 3.8) is 0 Å². The van der Waals surface area contributed by atoms with Gasteiger partial charge in [-0.3, -0.25) is 0 Å². The van der Waals surface area contributed by atoms with Gasteiger partial charge in [0.2, 0.25) is 0 Å². The van der Waals surface area contributed by atoms with E-state index in [9.17, 15) is 0 Å². The molecule has 4 heteroatoms. The van der Waals surface area contributed by atoms with Crippen molar-refractivity contribution in [3.05, 3.63) is 193 Å². The van der Waals surface area contributed by atoms with Crippen LogP contribution in [-0.4, -0.2) is 0 Å². The van der Waals surface area contributed by atoms with E-state index >= 15 is 0 Å². The molecule has 0 saturated carbocycles. The van der Waals surface area contributed by atoms with Gasteiger partial charge in [-0.2, -0.15) is 0 Å². The second kappa shape index (κ2) is 12.6. The van der Waals surface area contributed by atoms with E-state index in [0.717, 1.165) is 94.3 Å². The summed E-state index contributed by atoms with van der Waals surface area (Å²) in [6, 6.07) is 64.4. The summed E-state index contributed by atoms with van der Waals surface area (Å²) < 4.78 is 13.5. The third-order valence-electron chi connectivity index (χ3n) is 11.3. The number of furan rings is 2. The average Bonchev–Trinajstić information content (AvgIpc) is 3.82. The number of hydrogen-bond acceptors (Lipinski definition) is 4. The standard InChI is InChI=1S/C52H36N2O2/c1-33-49-45-29-35-23-25-43(53(39-15-7-3-8-16-39)40-17-9-4-10-18-40)27-37(35)31-47(45)55-51(49)34(2)52-50(33)46-30-36-24-26-44(28-38(36)32-48(46)56-52)54(41-19-11-5-12-20-41)42-21-13-6-14-22-42/h3-32H,1-2H3. The van der Waals surface area contributed by atoms with Crippen molar-refractivity contribution in [1.29, 1.82) is 0 Å². The maximum Gasteiger partial charge on any atom is 0.142 e. The van der Waals surface area contributed by atoms with Crippen molar-refractivity contribution >= 4 is 99.5 Å². The lowest BCUT2D eigenvalue weighted by Crippen LogP contribution is -2.09. The quantitative estimate of drug-likeness (QED) is 0.171. The molecule has 0 fully saturated rings. The van der Waals surface area contributed by atoms with Gasteiger partial charge in [0.1, 0.15) is 22.3 Å². The summed E-state index contributed by atoms with van der Waals surface area (Å²) in [7, 11) is 0. The second-order valence-electron chi connectivity index (χ2n) is 14.6.